The fraction of sp³-hybridized carbons (Fsp3) is 0.300. The maximum Gasteiger partial charge on any atom is 0.410 e. The number of aromatic amines is 1. The molecule has 1 fully saturated rings. The van der Waals surface area contributed by atoms with Crippen LogP contribution in [-0.4, -0.2) is 49.7 Å². The molecule has 7 nitrogen and oxygen atoms in total. The van der Waals surface area contributed by atoms with Gasteiger partial charge in [-0.25, -0.2) is 9.18 Å². The van der Waals surface area contributed by atoms with Crippen LogP contribution in [0.25, 0.3) is 44.1 Å². The standard InChI is InChI=1S/C30H30FN5O2/c1-30(2,3)38-29(37)35-14-12-23(13-15-35)36-27-11-9-24(20-6-10-26-21(16-20)17-32-34-26)28(25(27)18-33-36)19-4-7-22(31)8-5-19/h4-11,16-18,23H,12-15H2,1-3H3,(H,32,34). The Balaban J connectivity index is 1.38. The van der Waals surface area contributed by atoms with Crippen LogP contribution >= 0.6 is 0 Å². The molecular formula is C30H30FN5O2. The lowest BCUT2D eigenvalue weighted by Gasteiger charge is -2.33. The van der Waals surface area contributed by atoms with E-state index in [0.29, 0.717) is 13.1 Å². The number of halogens is 1. The van der Waals surface area contributed by atoms with Crippen molar-refractivity contribution in [1.29, 1.82) is 0 Å². The average molecular weight is 512 g/mol. The highest BCUT2D eigenvalue weighted by molar-refractivity contribution is 6.03. The van der Waals surface area contributed by atoms with E-state index in [1.165, 1.54) is 12.1 Å². The molecule has 0 bridgehead atoms. The third-order valence-corrected chi connectivity index (χ3v) is 7.13. The SMILES string of the molecule is CC(C)(C)OC(=O)N1CCC(n2ncc3c(-c4ccc(F)cc4)c(-c4ccc5[nH]ncc5c4)ccc32)CC1. The number of amides is 1. The van der Waals surface area contributed by atoms with Crippen molar-refractivity contribution in [2.75, 3.05) is 13.1 Å². The first-order chi connectivity index (χ1) is 18.3. The number of hydrogen-bond donors (Lipinski definition) is 1. The fourth-order valence-corrected chi connectivity index (χ4v) is 5.31. The molecule has 2 aromatic heterocycles. The quantitative estimate of drug-likeness (QED) is 0.284. The third-order valence-electron chi connectivity index (χ3n) is 7.13. The number of rotatable bonds is 3. The number of carbonyl (C=O) groups excluding carboxylic acids is 1. The normalized spacial score (nSPS) is 14.9. The number of hydrogen-bond acceptors (Lipinski definition) is 4. The first-order valence-corrected chi connectivity index (χ1v) is 12.9. The number of piperidine rings is 1. The number of likely N-dealkylation sites (tertiary alicyclic amines) is 1. The Morgan fingerprint density at radius 3 is 2.47 bits per heavy atom. The van der Waals surface area contributed by atoms with Gasteiger partial charge in [-0.3, -0.25) is 9.78 Å². The van der Waals surface area contributed by atoms with Gasteiger partial charge in [0.15, 0.2) is 0 Å². The third kappa shape index (κ3) is 4.51. The van der Waals surface area contributed by atoms with Crippen LogP contribution in [0.5, 0.6) is 0 Å². The molecule has 1 N–H and O–H groups in total. The smallest absolute Gasteiger partial charge is 0.410 e. The first-order valence-electron chi connectivity index (χ1n) is 12.9. The first kappa shape index (κ1) is 24.2. The van der Waals surface area contributed by atoms with Crippen molar-refractivity contribution in [2.24, 2.45) is 0 Å². The minimum absolute atomic E-state index is 0.167. The van der Waals surface area contributed by atoms with Crippen LogP contribution in [0.4, 0.5) is 9.18 Å². The molecule has 0 saturated carbocycles. The zero-order valence-corrected chi connectivity index (χ0v) is 21.7. The number of aromatic nitrogens is 4. The van der Waals surface area contributed by atoms with Crippen molar-refractivity contribution >= 4 is 27.9 Å². The van der Waals surface area contributed by atoms with Gasteiger partial charge in [0.25, 0.3) is 0 Å². The molecule has 0 unspecified atom stereocenters. The molecular weight excluding hydrogens is 481 g/mol. The van der Waals surface area contributed by atoms with E-state index >= 15 is 0 Å². The van der Waals surface area contributed by atoms with Gasteiger partial charge in [0.1, 0.15) is 11.4 Å². The van der Waals surface area contributed by atoms with Crippen molar-refractivity contribution in [3.8, 4) is 22.3 Å². The van der Waals surface area contributed by atoms with Gasteiger partial charge < -0.3 is 9.64 Å². The molecule has 0 radical (unpaired) electrons. The van der Waals surface area contributed by atoms with E-state index in [9.17, 15) is 9.18 Å². The molecule has 0 atom stereocenters. The van der Waals surface area contributed by atoms with Crippen LogP contribution in [0, 0.1) is 5.82 Å². The summed E-state index contributed by atoms with van der Waals surface area (Å²) in [6, 6.07) is 17.2. The molecule has 6 rings (SSSR count). The van der Waals surface area contributed by atoms with Gasteiger partial charge in [-0.2, -0.15) is 10.2 Å². The monoisotopic (exact) mass is 511 g/mol. The maximum absolute atomic E-state index is 13.8. The molecule has 1 aliphatic heterocycles. The van der Waals surface area contributed by atoms with Crippen molar-refractivity contribution in [3.05, 3.63) is 72.8 Å². The van der Waals surface area contributed by atoms with Crippen molar-refractivity contribution in [3.63, 3.8) is 0 Å². The summed E-state index contributed by atoms with van der Waals surface area (Å²) < 4.78 is 21.5. The van der Waals surface area contributed by atoms with E-state index in [2.05, 4.69) is 39.1 Å². The number of H-pyrrole nitrogens is 1. The number of nitrogens with zero attached hydrogens (tertiary/aromatic N) is 4. The minimum Gasteiger partial charge on any atom is -0.444 e. The fourth-order valence-electron chi connectivity index (χ4n) is 5.31. The molecule has 1 aliphatic rings. The predicted molar refractivity (Wildman–Crippen MR) is 146 cm³/mol. The summed E-state index contributed by atoms with van der Waals surface area (Å²) in [6.45, 7) is 6.89. The second-order valence-electron chi connectivity index (χ2n) is 10.9. The molecule has 8 heteroatoms. The second-order valence-corrected chi connectivity index (χ2v) is 10.9. The number of benzene rings is 3. The van der Waals surface area contributed by atoms with E-state index in [0.717, 1.165) is 56.9 Å². The highest BCUT2D eigenvalue weighted by Crippen LogP contribution is 2.40. The van der Waals surface area contributed by atoms with Gasteiger partial charge in [0, 0.05) is 29.4 Å². The molecule has 5 aromatic rings. The summed E-state index contributed by atoms with van der Waals surface area (Å²) in [5.74, 6) is -0.269. The summed E-state index contributed by atoms with van der Waals surface area (Å²) in [6.07, 6.45) is 5.05. The molecule has 38 heavy (non-hydrogen) atoms. The van der Waals surface area contributed by atoms with Crippen LogP contribution in [0.3, 0.4) is 0 Å². The number of fused-ring (bicyclic) bond motifs is 2. The summed E-state index contributed by atoms with van der Waals surface area (Å²) in [7, 11) is 0. The summed E-state index contributed by atoms with van der Waals surface area (Å²) >= 11 is 0. The largest absolute Gasteiger partial charge is 0.444 e. The van der Waals surface area contributed by atoms with Crippen LogP contribution in [0.15, 0.2) is 67.0 Å². The molecule has 194 valence electrons. The summed E-state index contributed by atoms with van der Waals surface area (Å²) in [5, 5.41) is 14.0. The zero-order chi connectivity index (χ0) is 26.4. The van der Waals surface area contributed by atoms with E-state index in [1.54, 1.807) is 4.90 Å². The van der Waals surface area contributed by atoms with Crippen LogP contribution in [-0.2, 0) is 4.74 Å². The second kappa shape index (κ2) is 9.28. The predicted octanol–water partition coefficient (Wildman–Crippen LogP) is 6.96. The van der Waals surface area contributed by atoms with E-state index < -0.39 is 5.60 Å². The Bertz CT molecular complexity index is 1620. The van der Waals surface area contributed by atoms with E-state index in [1.807, 2.05) is 51.4 Å². The Hall–Kier alpha value is -4.20. The van der Waals surface area contributed by atoms with Gasteiger partial charge >= 0.3 is 6.09 Å². The lowest BCUT2D eigenvalue weighted by atomic mass is 9.91. The lowest BCUT2D eigenvalue weighted by Crippen LogP contribution is -2.42. The maximum atomic E-state index is 13.8. The van der Waals surface area contributed by atoms with E-state index in [4.69, 9.17) is 9.84 Å². The highest BCUT2D eigenvalue weighted by Gasteiger charge is 2.29. The van der Waals surface area contributed by atoms with Crippen molar-refractivity contribution in [1.82, 2.24) is 24.9 Å². The van der Waals surface area contributed by atoms with Gasteiger partial charge in [-0.15, -0.1) is 0 Å². The summed E-state index contributed by atoms with van der Waals surface area (Å²) in [4.78, 5) is 14.3. The molecule has 1 amide bonds. The van der Waals surface area contributed by atoms with Crippen LogP contribution in [0.2, 0.25) is 0 Å². The van der Waals surface area contributed by atoms with Crippen LogP contribution < -0.4 is 0 Å². The lowest BCUT2D eigenvalue weighted by molar-refractivity contribution is 0.0186. The molecule has 3 heterocycles. The topological polar surface area (TPSA) is 76.0 Å². The molecule has 3 aromatic carbocycles. The Morgan fingerprint density at radius 2 is 1.74 bits per heavy atom. The van der Waals surface area contributed by atoms with Crippen LogP contribution in [0.1, 0.15) is 39.7 Å². The minimum atomic E-state index is -0.511. The Morgan fingerprint density at radius 1 is 1.00 bits per heavy atom. The van der Waals surface area contributed by atoms with Gasteiger partial charge in [-0.1, -0.05) is 24.3 Å². The van der Waals surface area contributed by atoms with Gasteiger partial charge in [0.2, 0.25) is 0 Å². The van der Waals surface area contributed by atoms with Gasteiger partial charge in [0.05, 0.1) is 29.5 Å². The number of ether oxygens (including phenoxy) is 1. The molecule has 0 spiro atoms. The molecule has 1 saturated heterocycles. The Labute approximate surface area is 220 Å². The number of carbonyl (C=O) groups is 1. The Kier molecular flexibility index (Phi) is 5.90. The highest BCUT2D eigenvalue weighted by atomic mass is 19.1. The summed E-state index contributed by atoms with van der Waals surface area (Å²) in [5.41, 5.74) is 5.53. The average Bonchev–Trinajstić information content (AvgIpc) is 3.54. The van der Waals surface area contributed by atoms with Gasteiger partial charge in [-0.05, 0) is 80.6 Å². The van der Waals surface area contributed by atoms with Crippen molar-refractivity contribution < 1.29 is 13.9 Å². The number of nitrogens with one attached hydrogen (secondary N) is 1. The van der Waals surface area contributed by atoms with Crippen molar-refractivity contribution in [2.45, 2.75) is 45.3 Å². The van der Waals surface area contributed by atoms with E-state index in [-0.39, 0.29) is 18.0 Å². The molecule has 0 aliphatic carbocycles. The zero-order valence-electron chi connectivity index (χ0n) is 21.7.